The first-order valence-corrected chi connectivity index (χ1v) is 8.26. The normalized spacial score (nSPS) is 11.8. The summed E-state index contributed by atoms with van der Waals surface area (Å²) < 4.78 is 8.27. The minimum Gasteiger partial charge on any atom is -0.481 e. The Bertz CT molecular complexity index is 821. The van der Waals surface area contributed by atoms with Gasteiger partial charge < -0.3 is 10.1 Å². The average molecular weight is 435 g/mol. The van der Waals surface area contributed by atoms with E-state index >= 15 is 0 Å². The highest BCUT2D eigenvalue weighted by molar-refractivity contribution is 14.1. The molecule has 3 aromatic rings. The summed E-state index contributed by atoms with van der Waals surface area (Å²) >= 11 is 2.20. The van der Waals surface area contributed by atoms with Gasteiger partial charge in [0.15, 0.2) is 6.10 Å². The van der Waals surface area contributed by atoms with Gasteiger partial charge in [0.2, 0.25) is 0 Å². The van der Waals surface area contributed by atoms with E-state index in [2.05, 4.69) is 43.4 Å². The van der Waals surface area contributed by atoms with Gasteiger partial charge in [-0.1, -0.05) is 6.07 Å². The maximum absolute atomic E-state index is 12.2. The van der Waals surface area contributed by atoms with Crippen LogP contribution in [0, 0.1) is 3.57 Å². The number of hydrogen-bond acceptors (Lipinski definition) is 5. The highest BCUT2D eigenvalue weighted by atomic mass is 127. The van der Waals surface area contributed by atoms with Crippen molar-refractivity contribution < 1.29 is 9.53 Å². The van der Waals surface area contributed by atoms with Gasteiger partial charge in [-0.05, 0) is 82.4 Å². The number of halogens is 1. The molecule has 0 spiro atoms. The van der Waals surface area contributed by atoms with Crippen LogP contribution in [-0.4, -0.2) is 32.2 Å². The van der Waals surface area contributed by atoms with Gasteiger partial charge in [0.1, 0.15) is 12.1 Å². The molecule has 1 N–H and O–H groups in total. The lowest BCUT2D eigenvalue weighted by Crippen LogP contribution is -2.30. The summed E-state index contributed by atoms with van der Waals surface area (Å²) in [7, 11) is 0. The molecule has 24 heavy (non-hydrogen) atoms. The zero-order valence-corrected chi connectivity index (χ0v) is 14.9. The number of nitrogens with one attached hydrogen (secondary N) is 1. The summed E-state index contributed by atoms with van der Waals surface area (Å²) in [5, 5.41) is 13.8. The van der Waals surface area contributed by atoms with E-state index in [1.54, 1.807) is 19.1 Å². The van der Waals surface area contributed by atoms with Gasteiger partial charge >= 0.3 is 0 Å². The largest absolute Gasteiger partial charge is 0.481 e. The van der Waals surface area contributed by atoms with Crippen molar-refractivity contribution >= 4 is 34.2 Å². The topological polar surface area (TPSA) is 81.9 Å². The van der Waals surface area contributed by atoms with E-state index in [-0.39, 0.29) is 5.91 Å². The lowest BCUT2D eigenvalue weighted by molar-refractivity contribution is -0.122. The van der Waals surface area contributed by atoms with Gasteiger partial charge in [-0.3, -0.25) is 4.79 Å². The zero-order chi connectivity index (χ0) is 16.9. The number of rotatable bonds is 5. The maximum atomic E-state index is 12.2. The second-order valence-electron chi connectivity index (χ2n) is 5.01. The van der Waals surface area contributed by atoms with E-state index in [0.717, 1.165) is 14.9 Å². The Morgan fingerprint density at radius 3 is 2.71 bits per heavy atom. The summed E-state index contributed by atoms with van der Waals surface area (Å²) in [5.41, 5.74) is 1.56. The summed E-state index contributed by atoms with van der Waals surface area (Å²) in [6, 6.07) is 14.8. The van der Waals surface area contributed by atoms with Crippen molar-refractivity contribution in [3.8, 4) is 11.4 Å². The van der Waals surface area contributed by atoms with Gasteiger partial charge in [-0.25, -0.2) is 4.68 Å². The van der Waals surface area contributed by atoms with Gasteiger partial charge in [0.25, 0.3) is 5.91 Å². The first-order chi connectivity index (χ1) is 11.6. The fourth-order valence-corrected chi connectivity index (χ4v) is 2.57. The fraction of sp³-hybridized carbons (Fsp3) is 0.125. The molecule has 0 bridgehead atoms. The number of tetrazole rings is 1. The Morgan fingerprint density at radius 2 is 2.04 bits per heavy atom. The number of benzene rings is 2. The summed E-state index contributed by atoms with van der Waals surface area (Å²) in [5.74, 6) is 0.388. The van der Waals surface area contributed by atoms with Crippen LogP contribution in [0.15, 0.2) is 54.9 Å². The highest BCUT2D eigenvalue weighted by Gasteiger charge is 2.15. The lowest BCUT2D eigenvalue weighted by atomic mass is 10.3. The van der Waals surface area contributed by atoms with Gasteiger partial charge in [0.05, 0.1) is 5.69 Å². The van der Waals surface area contributed by atoms with Crippen LogP contribution in [0.5, 0.6) is 5.75 Å². The smallest absolute Gasteiger partial charge is 0.265 e. The molecule has 0 radical (unpaired) electrons. The minimum atomic E-state index is -0.623. The molecular weight excluding hydrogens is 421 g/mol. The number of anilines is 1. The Labute approximate surface area is 152 Å². The predicted molar refractivity (Wildman–Crippen MR) is 97.0 cm³/mol. The molecule has 3 rings (SSSR count). The van der Waals surface area contributed by atoms with Crippen molar-refractivity contribution in [2.24, 2.45) is 0 Å². The van der Waals surface area contributed by atoms with Gasteiger partial charge in [-0.2, -0.15) is 0 Å². The van der Waals surface area contributed by atoms with Crippen molar-refractivity contribution in [3.63, 3.8) is 0 Å². The molecule has 0 saturated heterocycles. The van der Waals surface area contributed by atoms with E-state index in [9.17, 15) is 4.79 Å². The fourth-order valence-electron chi connectivity index (χ4n) is 2.02. The third kappa shape index (κ3) is 4.07. The third-order valence-corrected chi connectivity index (χ3v) is 3.90. The van der Waals surface area contributed by atoms with E-state index < -0.39 is 6.10 Å². The molecule has 0 fully saturated rings. The van der Waals surface area contributed by atoms with Crippen molar-refractivity contribution in [2.45, 2.75) is 13.0 Å². The second-order valence-corrected chi connectivity index (χ2v) is 6.25. The molecule has 0 aliphatic heterocycles. The number of carbonyl (C=O) groups excluding carboxylic acids is 1. The van der Waals surface area contributed by atoms with Crippen molar-refractivity contribution in [3.05, 3.63) is 58.4 Å². The third-order valence-electron chi connectivity index (χ3n) is 3.22. The number of carbonyl (C=O) groups is 1. The maximum Gasteiger partial charge on any atom is 0.265 e. The molecule has 0 saturated carbocycles. The van der Waals surface area contributed by atoms with Crippen LogP contribution in [-0.2, 0) is 4.79 Å². The van der Waals surface area contributed by atoms with Crippen LogP contribution in [0.25, 0.3) is 5.69 Å². The molecule has 8 heteroatoms. The Morgan fingerprint density at radius 1 is 1.25 bits per heavy atom. The molecular formula is C16H14IN5O2. The van der Waals surface area contributed by atoms with Crippen molar-refractivity contribution in [1.29, 1.82) is 0 Å². The molecule has 1 heterocycles. The molecule has 0 aliphatic carbocycles. The first-order valence-electron chi connectivity index (χ1n) is 7.18. The van der Waals surface area contributed by atoms with Crippen LogP contribution in [0.4, 0.5) is 5.69 Å². The molecule has 1 unspecified atom stereocenters. The van der Waals surface area contributed by atoms with Crippen LogP contribution in [0.3, 0.4) is 0 Å². The van der Waals surface area contributed by atoms with Gasteiger partial charge in [0, 0.05) is 9.26 Å². The summed E-state index contributed by atoms with van der Waals surface area (Å²) in [6.45, 7) is 1.71. The number of amides is 1. The Kier molecular flexibility index (Phi) is 5.04. The Balaban J connectivity index is 1.61. The van der Waals surface area contributed by atoms with Crippen molar-refractivity contribution in [1.82, 2.24) is 20.2 Å². The first kappa shape index (κ1) is 16.4. The predicted octanol–water partition coefficient (Wildman–Crippen LogP) is 2.67. The molecule has 2 aromatic carbocycles. The van der Waals surface area contributed by atoms with E-state index in [1.807, 2.05) is 36.4 Å². The van der Waals surface area contributed by atoms with E-state index in [4.69, 9.17) is 4.74 Å². The molecule has 1 aromatic heterocycles. The second kappa shape index (κ2) is 7.39. The highest BCUT2D eigenvalue weighted by Crippen LogP contribution is 2.17. The number of aromatic nitrogens is 4. The number of ether oxygens (including phenoxy) is 1. The number of hydrogen-bond donors (Lipinski definition) is 1. The standard InChI is InChI=1S/C16H14IN5O2/c1-11(16(23)19-13-4-2-3-12(17)9-13)24-15-7-5-14(6-8-15)22-10-18-20-21-22/h2-11H,1H3,(H,19,23). The molecule has 122 valence electrons. The van der Waals surface area contributed by atoms with Gasteiger partial charge in [-0.15, -0.1) is 5.10 Å². The zero-order valence-electron chi connectivity index (χ0n) is 12.8. The van der Waals surface area contributed by atoms with E-state index in [0.29, 0.717) is 5.75 Å². The Hall–Kier alpha value is -2.49. The SMILES string of the molecule is CC(Oc1ccc(-n2cnnn2)cc1)C(=O)Nc1cccc(I)c1. The quantitative estimate of drug-likeness (QED) is 0.624. The lowest BCUT2D eigenvalue weighted by Gasteiger charge is -2.15. The summed E-state index contributed by atoms with van der Waals surface area (Å²) in [4.78, 5) is 12.2. The number of nitrogens with zero attached hydrogens (tertiary/aromatic N) is 4. The minimum absolute atomic E-state index is 0.207. The molecule has 1 amide bonds. The monoisotopic (exact) mass is 435 g/mol. The van der Waals surface area contributed by atoms with E-state index in [1.165, 1.54) is 11.0 Å². The van der Waals surface area contributed by atoms with Crippen molar-refractivity contribution in [2.75, 3.05) is 5.32 Å². The molecule has 7 nitrogen and oxygen atoms in total. The van der Waals surface area contributed by atoms with Crippen LogP contribution < -0.4 is 10.1 Å². The average Bonchev–Trinajstić information content (AvgIpc) is 3.10. The van der Waals surface area contributed by atoms with Crippen LogP contribution in [0.1, 0.15) is 6.92 Å². The molecule has 1 atom stereocenters. The molecule has 0 aliphatic rings. The summed E-state index contributed by atoms with van der Waals surface area (Å²) in [6.07, 6.45) is 0.884. The van der Waals surface area contributed by atoms with Crippen LogP contribution >= 0.6 is 22.6 Å². The van der Waals surface area contributed by atoms with Crippen LogP contribution in [0.2, 0.25) is 0 Å².